The van der Waals surface area contributed by atoms with Crippen molar-refractivity contribution >= 4 is 5.91 Å². The summed E-state index contributed by atoms with van der Waals surface area (Å²) in [4.78, 5) is 24.7. The van der Waals surface area contributed by atoms with Crippen molar-refractivity contribution in [3.8, 4) is 11.3 Å². The van der Waals surface area contributed by atoms with Gasteiger partial charge < -0.3 is 15.2 Å². The zero-order chi connectivity index (χ0) is 16.1. The van der Waals surface area contributed by atoms with Crippen molar-refractivity contribution in [3.05, 3.63) is 42.6 Å². The van der Waals surface area contributed by atoms with Gasteiger partial charge >= 0.3 is 0 Å². The van der Waals surface area contributed by atoms with Gasteiger partial charge in [0.1, 0.15) is 6.33 Å². The van der Waals surface area contributed by atoms with Crippen LogP contribution in [0.5, 0.6) is 0 Å². The zero-order valence-electron chi connectivity index (χ0n) is 12.6. The molecule has 1 saturated heterocycles. The van der Waals surface area contributed by atoms with Crippen molar-refractivity contribution < 1.29 is 14.6 Å². The molecular formula is C16H18N4O3. The van der Waals surface area contributed by atoms with E-state index in [-0.39, 0.29) is 12.5 Å². The number of pyridine rings is 1. The molecule has 0 spiro atoms. The van der Waals surface area contributed by atoms with E-state index in [0.717, 1.165) is 5.56 Å². The Kier molecular flexibility index (Phi) is 4.59. The molecule has 2 N–H and O–H groups in total. The molecule has 120 valence electrons. The molecule has 7 heteroatoms. The molecule has 3 rings (SSSR count). The summed E-state index contributed by atoms with van der Waals surface area (Å²) in [6.07, 6.45) is 7.50. The van der Waals surface area contributed by atoms with E-state index in [4.69, 9.17) is 4.74 Å². The number of rotatable bonds is 4. The number of ether oxygens (including phenoxy) is 1. The van der Waals surface area contributed by atoms with Gasteiger partial charge in [-0.1, -0.05) is 0 Å². The van der Waals surface area contributed by atoms with Crippen LogP contribution >= 0.6 is 0 Å². The number of aromatic nitrogens is 3. The lowest BCUT2D eigenvalue weighted by molar-refractivity contribution is 0.0125. The number of carbonyl (C=O) groups is 1. The minimum Gasteiger partial charge on any atom is -0.394 e. The van der Waals surface area contributed by atoms with Crippen molar-refractivity contribution in [2.75, 3.05) is 19.8 Å². The van der Waals surface area contributed by atoms with Gasteiger partial charge in [0.2, 0.25) is 0 Å². The van der Waals surface area contributed by atoms with Crippen LogP contribution in [-0.2, 0) is 4.74 Å². The van der Waals surface area contributed by atoms with Crippen molar-refractivity contribution in [3.63, 3.8) is 0 Å². The fourth-order valence-corrected chi connectivity index (χ4v) is 2.56. The van der Waals surface area contributed by atoms with Crippen LogP contribution in [0.3, 0.4) is 0 Å². The minimum absolute atomic E-state index is 0.105. The fraction of sp³-hybridized carbons (Fsp3) is 0.375. The first kappa shape index (κ1) is 15.5. The second-order valence-corrected chi connectivity index (χ2v) is 5.56. The summed E-state index contributed by atoms with van der Waals surface area (Å²) in [5, 5.41) is 12.6. The highest BCUT2D eigenvalue weighted by molar-refractivity contribution is 5.95. The van der Waals surface area contributed by atoms with Gasteiger partial charge in [0.25, 0.3) is 5.91 Å². The van der Waals surface area contributed by atoms with Gasteiger partial charge in [0, 0.05) is 42.9 Å². The molecule has 0 aromatic carbocycles. The smallest absolute Gasteiger partial charge is 0.251 e. The maximum absolute atomic E-state index is 12.5. The average Bonchev–Trinajstić information content (AvgIpc) is 2.63. The normalized spacial score (nSPS) is 16.7. The van der Waals surface area contributed by atoms with E-state index in [9.17, 15) is 9.90 Å². The second kappa shape index (κ2) is 6.80. The minimum atomic E-state index is -0.616. The average molecular weight is 314 g/mol. The maximum atomic E-state index is 12.5. The third-order valence-electron chi connectivity index (χ3n) is 4.01. The van der Waals surface area contributed by atoms with E-state index in [0.29, 0.717) is 37.3 Å². The molecule has 2 aromatic heterocycles. The van der Waals surface area contributed by atoms with E-state index < -0.39 is 5.54 Å². The van der Waals surface area contributed by atoms with Gasteiger partial charge in [0.05, 0.1) is 17.8 Å². The van der Waals surface area contributed by atoms with Crippen molar-refractivity contribution in [2.45, 2.75) is 18.4 Å². The Hall–Kier alpha value is -2.38. The van der Waals surface area contributed by atoms with E-state index in [1.54, 1.807) is 30.7 Å². The molecule has 0 aliphatic carbocycles. The number of carbonyl (C=O) groups excluding carboxylic acids is 1. The predicted octanol–water partition coefficient (Wildman–Crippen LogP) is 0.810. The van der Waals surface area contributed by atoms with Crippen LogP contribution in [0.15, 0.2) is 37.1 Å². The Bertz CT molecular complexity index is 672. The molecule has 1 aliphatic rings. The molecule has 3 heterocycles. The molecule has 0 saturated carbocycles. The Morgan fingerprint density at radius 1 is 1.30 bits per heavy atom. The van der Waals surface area contributed by atoms with Gasteiger partial charge in [-0.25, -0.2) is 9.97 Å². The zero-order valence-corrected chi connectivity index (χ0v) is 12.6. The maximum Gasteiger partial charge on any atom is 0.251 e. The Balaban J connectivity index is 1.80. The predicted molar refractivity (Wildman–Crippen MR) is 82.6 cm³/mol. The number of hydrogen-bond acceptors (Lipinski definition) is 6. The topological polar surface area (TPSA) is 97.2 Å². The van der Waals surface area contributed by atoms with E-state index in [2.05, 4.69) is 20.3 Å². The van der Waals surface area contributed by atoms with Gasteiger partial charge in [-0.05, 0) is 25.0 Å². The van der Waals surface area contributed by atoms with E-state index in [1.165, 1.54) is 6.33 Å². The van der Waals surface area contributed by atoms with Crippen LogP contribution in [0.2, 0.25) is 0 Å². The molecule has 0 bridgehead atoms. The molecule has 7 nitrogen and oxygen atoms in total. The van der Waals surface area contributed by atoms with Crippen LogP contribution in [0.25, 0.3) is 11.3 Å². The first-order valence-electron chi connectivity index (χ1n) is 7.45. The lowest BCUT2D eigenvalue weighted by Gasteiger charge is -2.36. The van der Waals surface area contributed by atoms with Crippen LogP contribution in [0.4, 0.5) is 0 Å². The largest absolute Gasteiger partial charge is 0.394 e. The number of aliphatic hydroxyl groups excluding tert-OH is 1. The number of amides is 1. The molecule has 23 heavy (non-hydrogen) atoms. The highest BCUT2D eigenvalue weighted by Crippen LogP contribution is 2.21. The summed E-state index contributed by atoms with van der Waals surface area (Å²) in [5.41, 5.74) is 1.24. The quantitative estimate of drug-likeness (QED) is 0.867. The molecule has 0 atom stereocenters. The fourth-order valence-electron chi connectivity index (χ4n) is 2.56. The molecule has 2 aromatic rings. The second-order valence-electron chi connectivity index (χ2n) is 5.56. The monoisotopic (exact) mass is 314 g/mol. The number of nitrogens with one attached hydrogen (secondary N) is 1. The summed E-state index contributed by atoms with van der Waals surface area (Å²) in [6, 6.07) is 3.34. The van der Waals surface area contributed by atoms with Crippen molar-refractivity contribution in [2.24, 2.45) is 0 Å². The highest BCUT2D eigenvalue weighted by Gasteiger charge is 2.33. The summed E-state index contributed by atoms with van der Waals surface area (Å²) in [7, 11) is 0. The summed E-state index contributed by atoms with van der Waals surface area (Å²) in [6.45, 7) is 0.958. The third kappa shape index (κ3) is 3.52. The lowest BCUT2D eigenvalue weighted by atomic mass is 9.90. The van der Waals surface area contributed by atoms with Crippen molar-refractivity contribution in [1.82, 2.24) is 20.3 Å². The summed E-state index contributed by atoms with van der Waals surface area (Å²) < 4.78 is 5.30. The van der Waals surface area contributed by atoms with Crippen LogP contribution in [-0.4, -0.2) is 51.3 Å². The molecule has 1 fully saturated rings. The third-order valence-corrected chi connectivity index (χ3v) is 4.01. The highest BCUT2D eigenvalue weighted by atomic mass is 16.5. The van der Waals surface area contributed by atoms with Crippen LogP contribution in [0.1, 0.15) is 23.2 Å². The van der Waals surface area contributed by atoms with Crippen LogP contribution in [0, 0.1) is 0 Å². The summed E-state index contributed by atoms with van der Waals surface area (Å²) >= 11 is 0. The Labute approximate surface area is 133 Å². The Morgan fingerprint density at radius 2 is 2.04 bits per heavy atom. The van der Waals surface area contributed by atoms with Gasteiger partial charge in [-0.2, -0.15) is 0 Å². The van der Waals surface area contributed by atoms with Crippen LogP contribution < -0.4 is 5.32 Å². The first-order chi connectivity index (χ1) is 11.2. The van der Waals surface area contributed by atoms with Gasteiger partial charge in [-0.3, -0.25) is 9.78 Å². The van der Waals surface area contributed by atoms with E-state index in [1.807, 2.05) is 0 Å². The van der Waals surface area contributed by atoms with Gasteiger partial charge in [0.15, 0.2) is 0 Å². The molecule has 0 unspecified atom stereocenters. The molecule has 1 amide bonds. The van der Waals surface area contributed by atoms with E-state index >= 15 is 0 Å². The Morgan fingerprint density at radius 3 is 2.74 bits per heavy atom. The molecule has 0 radical (unpaired) electrons. The molecular weight excluding hydrogens is 296 g/mol. The van der Waals surface area contributed by atoms with Crippen molar-refractivity contribution in [1.29, 1.82) is 0 Å². The number of nitrogens with zero attached hydrogens (tertiary/aromatic N) is 3. The molecule has 1 aliphatic heterocycles. The summed E-state index contributed by atoms with van der Waals surface area (Å²) in [5.74, 6) is -0.235. The number of hydrogen-bond donors (Lipinski definition) is 2. The SMILES string of the molecule is O=C(NC1(CO)CCOCC1)c1ccnc(-c2cncnc2)c1. The van der Waals surface area contributed by atoms with Gasteiger partial charge in [-0.15, -0.1) is 0 Å². The number of aliphatic hydroxyl groups is 1. The lowest BCUT2D eigenvalue weighted by Crippen LogP contribution is -2.54. The first-order valence-corrected chi connectivity index (χ1v) is 7.45. The standard InChI is InChI=1S/C16H18N4O3/c21-10-16(2-5-23-6-3-16)20-15(22)12-1-4-19-14(7-12)13-8-17-11-18-9-13/h1,4,7-9,11,21H,2-3,5-6,10H2,(H,20,22).